The largest absolute Gasteiger partial charge is 0.481 e. The Hall–Kier alpha value is -0.850. The first-order valence-electron chi connectivity index (χ1n) is 5.45. The third-order valence-corrected chi connectivity index (χ3v) is 5.12. The van der Waals surface area contributed by atoms with E-state index in [9.17, 15) is 4.79 Å². The minimum Gasteiger partial charge on any atom is -0.481 e. The van der Waals surface area contributed by atoms with Crippen LogP contribution in [0.15, 0.2) is 22.2 Å². The predicted octanol–water partition coefficient (Wildman–Crippen LogP) is 3.97. The molecule has 1 unspecified atom stereocenters. The molecule has 6 heteroatoms. The predicted molar refractivity (Wildman–Crippen MR) is 78.4 cm³/mol. The van der Waals surface area contributed by atoms with Gasteiger partial charge in [0.05, 0.1) is 12.1 Å². The third kappa shape index (κ3) is 3.83. The summed E-state index contributed by atoms with van der Waals surface area (Å²) in [5, 5.41) is 16.0. The third-order valence-electron chi connectivity index (χ3n) is 2.30. The topological polar surface area (TPSA) is 50.2 Å². The van der Waals surface area contributed by atoms with E-state index >= 15 is 0 Å². The fourth-order valence-electron chi connectivity index (χ4n) is 1.42. The first kappa shape index (κ1) is 13.6. The number of carboxylic acids is 1. The standard InChI is InChI=1S/C12H13NO2S3/c1-8(4-11(14)15)17-6-10-7-18-12(13-10)9-2-3-16-5-9/h2-3,5,7-8H,4,6H2,1H3,(H,14,15). The lowest BCUT2D eigenvalue weighted by Crippen LogP contribution is -2.05. The number of aromatic nitrogens is 1. The van der Waals surface area contributed by atoms with Crippen molar-refractivity contribution in [2.75, 3.05) is 0 Å². The summed E-state index contributed by atoms with van der Waals surface area (Å²) in [7, 11) is 0. The van der Waals surface area contributed by atoms with Crippen LogP contribution < -0.4 is 0 Å². The smallest absolute Gasteiger partial charge is 0.304 e. The van der Waals surface area contributed by atoms with E-state index in [0.717, 1.165) is 16.5 Å². The lowest BCUT2D eigenvalue weighted by Gasteiger charge is -2.06. The van der Waals surface area contributed by atoms with Crippen molar-refractivity contribution in [2.45, 2.75) is 24.3 Å². The minimum absolute atomic E-state index is 0.119. The van der Waals surface area contributed by atoms with E-state index in [1.165, 1.54) is 5.56 Å². The van der Waals surface area contributed by atoms with Gasteiger partial charge < -0.3 is 5.11 Å². The number of carbonyl (C=O) groups is 1. The molecule has 3 nitrogen and oxygen atoms in total. The highest BCUT2D eigenvalue weighted by Gasteiger charge is 2.10. The summed E-state index contributed by atoms with van der Waals surface area (Å²) in [5.74, 6) is 0.0296. The highest BCUT2D eigenvalue weighted by atomic mass is 32.2. The maximum Gasteiger partial charge on any atom is 0.304 e. The van der Waals surface area contributed by atoms with E-state index in [4.69, 9.17) is 5.11 Å². The maximum atomic E-state index is 10.6. The fraction of sp³-hybridized carbons (Fsp3) is 0.333. The van der Waals surface area contributed by atoms with Crippen molar-refractivity contribution in [2.24, 2.45) is 0 Å². The van der Waals surface area contributed by atoms with Crippen LogP contribution in [0.25, 0.3) is 10.6 Å². The molecule has 96 valence electrons. The molecule has 2 aromatic rings. The number of thiophene rings is 1. The molecule has 18 heavy (non-hydrogen) atoms. The van der Waals surface area contributed by atoms with E-state index in [0.29, 0.717) is 0 Å². The Morgan fingerprint density at radius 2 is 2.39 bits per heavy atom. The molecule has 0 aromatic carbocycles. The van der Waals surface area contributed by atoms with Crippen LogP contribution in [0.3, 0.4) is 0 Å². The first-order valence-corrected chi connectivity index (χ1v) is 8.32. The molecule has 2 rings (SSSR count). The zero-order valence-corrected chi connectivity index (χ0v) is 12.3. The second-order valence-corrected chi connectivity index (χ2v) is 6.94. The summed E-state index contributed by atoms with van der Waals surface area (Å²) in [5.41, 5.74) is 2.20. The number of hydrogen-bond acceptors (Lipinski definition) is 5. The zero-order chi connectivity index (χ0) is 13.0. The van der Waals surface area contributed by atoms with Crippen molar-refractivity contribution < 1.29 is 9.90 Å². The van der Waals surface area contributed by atoms with E-state index in [-0.39, 0.29) is 11.7 Å². The molecule has 0 saturated heterocycles. The maximum absolute atomic E-state index is 10.6. The quantitative estimate of drug-likeness (QED) is 0.877. The molecule has 0 radical (unpaired) electrons. The number of rotatable bonds is 6. The molecule has 0 saturated carbocycles. The molecule has 0 spiro atoms. The molecule has 2 aromatic heterocycles. The SMILES string of the molecule is CC(CC(=O)O)SCc1csc(-c2ccsc2)n1. The molecule has 0 bridgehead atoms. The average molecular weight is 299 g/mol. The number of aliphatic carboxylic acids is 1. The highest BCUT2D eigenvalue weighted by Crippen LogP contribution is 2.28. The number of hydrogen-bond donors (Lipinski definition) is 1. The average Bonchev–Trinajstić information content (AvgIpc) is 2.96. The second kappa shape index (κ2) is 6.36. The molecule has 0 aliphatic heterocycles. The van der Waals surface area contributed by atoms with Crippen LogP contribution >= 0.6 is 34.4 Å². The highest BCUT2D eigenvalue weighted by molar-refractivity contribution is 7.99. The van der Waals surface area contributed by atoms with Gasteiger partial charge in [-0.25, -0.2) is 4.98 Å². The van der Waals surface area contributed by atoms with Crippen LogP contribution in [-0.2, 0) is 10.5 Å². The lowest BCUT2D eigenvalue weighted by atomic mass is 10.3. The van der Waals surface area contributed by atoms with E-state index in [1.54, 1.807) is 34.4 Å². The molecular weight excluding hydrogens is 286 g/mol. The van der Waals surface area contributed by atoms with E-state index in [1.807, 2.05) is 17.7 Å². The Morgan fingerprint density at radius 1 is 1.56 bits per heavy atom. The molecule has 1 atom stereocenters. The van der Waals surface area contributed by atoms with Gasteiger partial charge >= 0.3 is 5.97 Å². The second-order valence-electron chi connectivity index (χ2n) is 3.88. The number of thiazole rings is 1. The Kier molecular flexibility index (Phi) is 4.79. The van der Waals surface area contributed by atoms with Gasteiger partial charge in [-0.2, -0.15) is 23.1 Å². The van der Waals surface area contributed by atoms with Crippen molar-refractivity contribution in [1.29, 1.82) is 0 Å². The summed E-state index contributed by atoms with van der Waals surface area (Å²) in [6.45, 7) is 1.94. The van der Waals surface area contributed by atoms with E-state index < -0.39 is 5.97 Å². The number of nitrogens with zero attached hydrogens (tertiary/aromatic N) is 1. The molecule has 2 heterocycles. The Morgan fingerprint density at radius 3 is 3.06 bits per heavy atom. The molecule has 0 aliphatic rings. The van der Waals surface area contributed by atoms with Gasteiger partial charge in [0.1, 0.15) is 5.01 Å². The molecule has 0 fully saturated rings. The van der Waals surface area contributed by atoms with Crippen molar-refractivity contribution in [3.8, 4) is 10.6 Å². The normalized spacial score (nSPS) is 12.5. The zero-order valence-electron chi connectivity index (χ0n) is 9.83. The summed E-state index contributed by atoms with van der Waals surface area (Å²) in [4.78, 5) is 15.1. The van der Waals surface area contributed by atoms with Crippen molar-refractivity contribution >= 4 is 40.4 Å². The van der Waals surface area contributed by atoms with Gasteiger partial charge in [0.15, 0.2) is 0 Å². The number of thioether (sulfide) groups is 1. The van der Waals surface area contributed by atoms with Crippen LogP contribution in [0, 0.1) is 0 Å². The Balaban J connectivity index is 1.89. The van der Waals surface area contributed by atoms with Gasteiger partial charge in [-0.15, -0.1) is 11.3 Å². The van der Waals surface area contributed by atoms with Gasteiger partial charge in [0, 0.05) is 27.3 Å². The summed E-state index contributed by atoms with van der Waals surface area (Å²) >= 11 is 4.94. The van der Waals surface area contributed by atoms with Gasteiger partial charge in [0.2, 0.25) is 0 Å². The van der Waals surface area contributed by atoms with Crippen molar-refractivity contribution in [3.63, 3.8) is 0 Å². The summed E-state index contributed by atoms with van der Waals surface area (Å²) < 4.78 is 0. The van der Waals surface area contributed by atoms with Gasteiger partial charge in [-0.1, -0.05) is 6.92 Å². The van der Waals surface area contributed by atoms with Gasteiger partial charge in [-0.3, -0.25) is 4.79 Å². The Bertz CT molecular complexity index is 507. The summed E-state index contributed by atoms with van der Waals surface area (Å²) in [6, 6.07) is 2.06. The molecule has 0 amide bonds. The van der Waals surface area contributed by atoms with Crippen LogP contribution in [-0.4, -0.2) is 21.3 Å². The van der Waals surface area contributed by atoms with Gasteiger partial charge in [-0.05, 0) is 11.4 Å². The molecule has 0 aliphatic carbocycles. The minimum atomic E-state index is -0.743. The van der Waals surface area contributed by atoms with Crippen LogP contribution in [0.4, 0.5) is 0 Å². The fourth-order valence-corrected chi connectivity index (χ4v) is 3.93. The van der Waals surface area contributed by atoms with Gasteiger partial charge in [0.25, 0.3) is 0 Å². The van der Waals surface area contributed by atoms with Crippen molar-refractivity contribution in [1.82, 2.24) is 4.98 Å². The molecule has 1 N–H and O–H groups in total. The number of carboxylic acid groups (broad SMARTS) is 1. The first-order chi connectivity index (χ1) is 8.65. The van der Waals surface area contributed by atoms with Crippen LogP contribution in [0.2, 0.25) is 0 Å². The van der Waals surface area contributed by atoms with Crippen molar-refractivity contribution in [3.05, 3.63) is 27.9 Å². The summed E-state index contributed by atoms with van der Waals surface area (Å²) in [6.07, 6.45) is 0.201. The molecular formula is C12H13NO2S3. The van der Waals surface area contributed by atoms with Crippen LogP contribution in [0.1, 0.15) is 19.0 Å². The van der Waals surface area contributed by atoms with E-state index in [2.05, 4.69) is 16.4 Å². The van der Waals surface area contributed by atoms with Crippen LogP contribution in [0.5, 0.6) is 0 Å². The Labute approximate surface area is 118 Å². The lowest BCUT2D eigenvalue weighted by molar-refractivity contribution is -0.136. The monoisotopic (exact) mass is 299 g/mol.